The van der Waals surface area contributed by atoms with Crippen LogP contribution in [0.3, 0.4) is 0 Å². The van der Waals surface area contributed by atoms with Crippen molar-refractivity contribution in [1.82, 2.24) is 0 Å². The van der Waals surface area contributed by atoms with Crippen LogP contribution in [0.15, 0.2) is 36.4 Å². The summed E-state index contributed by atoms with van der Waals surface area (Å²) in [6.07, 6.45) is 0. The van der Waals surface area contributed by atoms with Gasteiger partial charge >= 0.3 is 0 Å². The molecule has 0 bridgehead atoms. The molecule has 8 heteroatoms. The van der Waals surface area contributed by atoms with Crippen LogP contribution in [0.1, 0.15) is 10.4 Å². The van der Waals surface area contributed by atoms with Crippen LogP contribution in [0.4, 0.5) is 21.5 Å². The van der Waals surface area contributed by atoms with E-state index in [-0.39, 0.29) is 16.9 Å². The number of halogens is 2. The van der Waals surface area contributed by atoms with Gasteiger partial charge in [0.25, 0.3) is 11.6 Å². The second kappa shape index (κ2) is 6.04. The van der Waals surface area contributed by atoms with E-state index in [1.165, 1.54) is 36.4 Å². The lowest BCUT2D eigenvalue weighted by Gasteiger charge is -2.08. The summed E-state index contributed by atoms with van der Waals surface area (Å²) in [6.45, 7) is 0. The van der Waals surface area contributed by atoms with Crippen LogP contribution < -0.4 is 11.1 Å². The molecule has 6 nitrogen and oxygen atoms in total. The molecule has 0 aliphatic rings. The summed E-state index contributed by atoms with van der Waals surface area (Å²) >= 11 is 1.85. The number of benzene rings is 2. The molecule has 0 atom stereocenters. The van der Waals surface area contributed by atoms with E-state index >= 15 is 0 Å². The lowest BCUT2D eigenvalue weighted by Crippen LogP contribution is -2.15. The molecule has 0 aliphatic carbocycles. The fourth-order valence-electron chi connectivity index (χ4n) is 1.68. The molecule has 0 aromatic heterocycles. The molecule has 2 rings (SSSR count). The predicted molar refractivity (Wildman–Crippen MR) is 84.6 cm³/mol. The maximum atomic E-state index is 13.0. The van der Waals surface area contributed by atoms with Crippen LogP contribution in [0, 0.1) is 19.5 Å². The Hall–Kier alpha value is -2.23. The lowest BCUT2D eigenvalue weighted by atomic mass is 10.1. The van der Waals surface area contributed by atoms with E-state index in [0.29, 0.717) is 9.26 Å². The number of carbonyl (C=O) groups excluding carboxylic acids is 1. The van der Waals surface area contributed by atoms with Crippen LogP contribution in [0.2, 0.25) is 0 Å². The van der Waals surface area contributed by atoms with Gasteiger partial charge in [-0.25, -0.2) is 4.39 Å². The van der Waals surface area contributed by atoms with Gasteiger partial charge in [-0.15, -0.1) is 0 Å². The summed E-state index contributed by atoms with van der Waals surface area (Å²) in [5, 5.41) is 13.4. The molecule has 21 heavy (non-hydrogen) atoms. The molecule has 108 valence electrons. The predicted octanol–water partition coefficient (Wildman–Crippen LogP) is 3.17. The van der Waals surface area contributed by atoms with E-state index in [2.05, 4.69) is 5.32 Å². The molecular formula is C13H9FIN3O3. The number of nitro benzene ring substituents is 1. The van der Waals surface area contributed by atoms with Gasteiger partial charge in [-0.1, -0.05) is 0 Å². The van der Waals surface area contributed by atoms with Gasteiger partial charge in [0.1, 0.15) is 11.4 Å². The van der Waals surface area contributed by atoms with E-state index in [0.717, 1.165) is 0 Å². The Labute approximate surface area is 132 Å². The number of anilines is 2. The van der Waals surface area contributed by atoms with Gasteiger partial charge in [0.05, 0.1) is 10.6 Å². The van der Waals surface area contributed by atoms with Crippen LogP contribution in [-0.4, -0.2) is 10.8 Å². The number of rotatable bonds is 3. The van der Waals surface area contributed by atoms with Crippen molar-refractivity contribution in [2.75, 3.05) is 11.1 Å². The topological polar surface area (TPSA) is 98.3 Å². The highest BCUT2D eigenvalue weighted by Crippen LogP contribution is 2.24. The van der Waals surface area contributed by atoms with Crippen molar-refractivity contribution in [3.63, 3.8) is 0 Å². The Kier molecular flexibility index (Phi) is 4.36. The second-order valence-electron chi connectivity index (χ2n) is 4.11. The summed E-state index contributed by atoms with van der Waals surface area (Å²) in [7, 11) is 0. The third-order valence-electron chi connectivity index (χ3n) is 2.64. The van der Waals surface area contributed by atoms with Crippen molar-refractivity contribution in [1.29, 1.82) is 0 Å². The Morgan fingerprint density at radius 3 is 2.62 bits per heavy atom. The highest BCUT2D eigenvalue weighted by atomic mass is 127. The second-order valence-corrected chi connectivity index (χ2v) is 5.27. The summed E-state index contributed by atoms with van der Waals surface area (Å²) < 4.78 is 13.5. The van der Waals surface area contributed by atoms with Crippen molar-refractivity contribution in [3.05, 3.63) is 61.5 Å². The zero-order chi connectivity index (χ0) is 15.6. The highest BCUT2D eigenvalue weighted by Gasteiger charge is 2.21. The molecule has 0 aliphatic heterocycles. The number of nitro groups is 1. The Balaban J connectivity index is 2.36. The summed E-state index contributed by atoms with van der Waals surface area (Å²) in [6, 6.07) is 7.54. The molecule has 0 spiro atoms. The van der Waals surface area contributed by atoms with Gasteiger partial charge in [0, 0.05) is 15.3 Å². The number of carbonyl (C=O) groups is 1. The fraction of sp³-hybridized carbons (Fsp3) is 0. The molecule has 0 saturated carbocycles. The van der Waals surface area contributed by atoms with Crippen molar-refractivity contribution in [2.45, 2.75) is 0 Å². The minimum absolute atomic E-state index is 0.153. The van der Waals surface area contributed by atoms with Crippen molar-refractivity contribution >= 4 is 45.6 Å². The largest absolute Gasteiger partial charge is 0.399 e. The van der Waals surface area contributed by atoms with Crippen LogP contribution in [0.5, 0.6) is 0 Å². The van der Waals surface area contributed by atoms with Gasteiger partial charge in [0.2, 0.25) is 0 Å². The highest BCUT2D eigenvalue weighted by molar-refractivity contribution is 14.1. The molecule has 2 aromatic rings. The first-order valence-corrected chi connectivity index (χ1v) is 6.76. The molecule has 0 heterocycles. The minimum Gasteiger partial charge on any atom is -0.399 e. The number of nitrogens with zero attached hydrogens (tertiary/aromatic N) is 1. The molecule has 1 amide bonds. The van der Waals surface area contributed by atoms with Crippen LogP contribution >= 0.6 is 22.6 Å². The van der Waals surface area contributed by atoms with E-state index in [1.807, 2.05) is 22.6 Å². The van der Waals surface area contributed by atoms with Gasteiger partial charge in [0.15, 0.2) is 0 Å². The van der Waals surface area contributed by atoms with Gasteiger partial charge in [-0.05, 0) is 52.9 Å². The number of nitrogens with two attached hydrogens (primary N) is 1. The van der Waals surface area contributed by atoms with E-state index < -0.39 is 16.6 Å². The standard InChI is InChI=1S/C13H9FIN3O3/c14-7-1-3-11(10(15)5-7)17-13(19)9-6-8(16)2-4-12(9)18(20)21/h1-6H,16H2,(H,17,19). The molecule has 0 fully saturated rings. The maximum Gasteiger partial charge on any atom is 0.282 e. The van der Waals surface area contributed by atoms with E-state index in [9.17, 15) is 19.3 Å². The zero-order valence-corrected chi connectivity index (χ0v) is 12.6. The average molecular weight is 401 g/mol. The Morgan fingerprint density at radius 2 is 2.00 bits per heavy atom. The normalized spacial score (nSPS) is 10.2. The van der Waals surface area contributed by atoms with Crippen LogP contribution in [-0.2, 0) is 0 Å². The molecule has 2 aromatic carbocycles. The monoisotopic (exact) mass is 401 g/mol. The van der Waals surface area contributed by atoms with Gasteiger partial charge in [-0.2, -0.15) is 0 Å². The van der Waals surface area contributed by atoms with E-state index in [1.54, 1.807) is 0 Å². The number of nitrogen functional groups attached to an aromatic ring is 1. The Morgan fingerprint density at radius 1 is 1.29 bits per heavy atom. The molecule has 0 radical (unpaired) electrons. The quantitative estimate of drug-likeness (QED) is 0.357. The fourth-order valence-corrected chi connectivity index (χ4v) is 2.29. The summed E-state index contributed by atoms with van der Waals surface area (Å²) in [4.78, 5) is 22.4. The van der Waals surface area contributed by atoms with Gasteiger partial charge < -0.3 is 11.1 Å². The number of amides is 1. The smallest absolute Gasteiger partial charge is 0.282 e. The first-order chi connectivity index (χ1) is 9.88. The number of nitrogens with one attached hydrogen (secondary N) is 1. The Bertz CT molecular complexity index is 737. The molecular weight excluding hydrogens is 392 g/mol. The van der Waals surface area contributed by atoms with Crippen molar-refractivity contribution in [2.24, 2.45) is 0 Å². The van der Waals surface area contributed by atoms with Gasteiger partial charge in [-0.3, -0.25) is 14.9 Å². The third-order valence-corrected chi connectivity index (χ3v) is 3.53. The first-order valence-electron chi connectivity index (χ1n) is 5.69. The van der Waals surface area contributed by atoms with Crippen molar-refractivity contribution in [3.8, 4) is 0 Å². The van der Waals surface area contributed by atoms with E-state index in [4.69, 9.17) is 5.73 Å². The summed E-state index contributed by atoms with van der Waals surface area (Å²) in [5.74, 6) is -1.12. The molecule has 0 saturated heterocycles. The molecule has 3 N–H and O–H groups in total. The number of hydrogen-bond acceptors (Lipinski definition) is 4. The lowest BCUT2D eigenvalue weighted by molar-refractivity contribution is -0.385. The minimum atomic E-state index is -0.682. The average Bonchev–Trinajstić information content (AvgIpc) is 2.41. The SMILES string of the molecule is Nc1ccc([N+](=O)[O-])c(C(=O)Nc2ccc(F)cc2I)c1. The summed E-state index contributed by atoms with van der Waals surface area (Å²) in [5.41, 5.74) is 5.65. The number of hydrogen-bond donors (Lipinski definition) is 2. The maximum absolute atomic E-state index is 13.0. The molecule has 0 unspecified atom stereocenters. The first kappa shape index (κ1) is 15.2. The van der Waals surface area contributed by atoms with Crippen LogP contribution in [0.25, 0.3) is 0 Å². The van der Waals surface area contributed by atoms with Crippen molar-refractivity contribution < 1.29 is 14.1 Å². The zero-order valence-electron chi connectivity index (χ0n) is 10.5. The third kappa shape index (κ3) is 3.45.